The third-order valence-electron chi connectivity index (χ3n) is 2.79. The molecule has 1 N–H and O–H groups in total. The molecule has 4 nitrogen and oxygen atoms in total. The Morgan fingerprint density at radius 3 is 3.12 bits per heavy atom. The van der Waals surface area contributed by atoms with E-state index in [1.807, 2.05) is 0 Å². The van der Waals surface area contributed by atoms with E-state index in [0.717, 1.165) is 25.9 Å². The maximum atomic E-state index is 13.6. The predicted octanol–water partition coefficient (Wildman–Crippen LogP) is 1.66. The fourth-order valence-electron chi connectivity index (χ4n) is 1.80. The van der Waals surface area contributed by atoms with E-state index in [4.69, 9.17) is 14.6 Å². The normalized spacial score (nSPS) is 20.2. The molecule has 1 aliphatic rings. The summed E-state index contributed by atoms with van der Waals surface area (Å²) in [4.78, 5) is 3.81. The summed E-state index contributed by atoms with van der Waals surface area (Å²) in [5.74, 6) is -0.656. The van der Waals surface area contributed by atoms with E-state index >= 15 is 0 Å². The van der Waals surface area contributed by atoms with Crippen LogP contribution in [-0.4, -0.2) is 29.4 Å². The average Bonchev–Trinajstić information content (AvgIpc) is 2.39. The molecule has 0 amide bonds. The molecule has 1 atom stereocenters. The van der Waals surface area contributed by atoms with Crippen LogP contribution in [0.5, 0.6) is 5.88 Å². The maximum absolute atomic E-state index is 13.6. The van der Waals surface area contributed by atoms with E-state index in [-0.39, 0.29) is 24.2 Å². The Morgan fingerprint density at radius 1 is 1.53 bits per heavy atom. The highest BCUT2D eigenvalue weighted by Crippen LogP contribution is 2.19. The van der Waals surface area contributed by atoms with Crippen LogP contribution >= 0.6 is 0 Å². The number of halogens is 1. The van der Waals surface area contributed by atoms with Gasteiger partial charge in [0, 0.05) is 18.4 Å². The van der Waals surface area contributed by atoms with Crippen molar-refractivity contribution < 1.29 is 19.0 Å². The quantitative estimate of drug-likeness (QED) is 0.871. The summed E-state index contributed by atoms with van der Waals surface area (Å²) >= 11 is 0. The van der Waals surface area contributed by atoms with Crippen molar-refractivity contribution in [2.24, 2.45) is 0 Å². The van der Waals surface area contributed by atoms with E-state index in [1.54, 1.807) is 0 Å². The molecule has 94 valence electrons. The second-order valence-electron chi connectivity index (χ2n) is 4.05. The van der Waals surface area contributed by atoms with Gasteiger partial charge in [0.05, 0.1) is 12.7 Å². The Morgan fingerprint density at radius 2 is 2.41 bits per heavy atom. The second kappa shape index (κ2) is 5.93. The second-order valence-corrected chi connectivity index (χ2v) is 4.05. The highest BCUT2D eigenvalue weighted by atomic mass is 19.1. The van der Waals surface area contributed by atoms with Crippen molar-refractivity contribution in [1.82, 2.24) is 4.98 Å². The Hall–Kier alpha value is -1.20. The van der Waals surface area contributed by atoms with E-state index in [2.05, 4.69) is 4.98 Å². The minimum Gasteiger partial charge on any atom is -0.473 e. The molecule has 5 heteroatoms. The zero-order chi connectivity index (χ0) is 12.1. The Bertz CT molecular complexity index is 367. The molecule has 0 bridgehead atoms. The smallest absolute Gasteiger partial charge is 0.250 e. The van der Waals surface area contributed by atoms with Crippen LogP contribution in [0.2, 0.25) is 0 Å². The molecule has 17 heavy (non-hydrogen) atoms. The SMILES string of the molecule is OCc1ccnc(OCC2CCCCO2)c1F. The van der Waals surface area contributed by atoms with Crippen molar-refractivity contribution in [1.29, 1.82) is 0 Å². The highest BCUT2D eigenvalue weighted by molar-refractivity contribution is 5.22. The average molecular weight is 241 g/mol. The largest absolute Gasteiger partial charge is 0.473 e. The number of hydrogen-bond donors (Lipinski definition) is 1. The summed E-state index contributed by atoms with van der Waals surface area (Å²) in [5, 5.41) is 8.91. The Kier molecular flexibility index (Phi) is 4.28. The monoisotopic (exact) mass is 241 g/mol. The number of hydrogen-bond acceptors (Lipinski definition) is 4. The molecule has 2 heterocycles. The number of aromatic nitrogens is 1. The summed E-state index contributed by atoms with van der Waals surface area (Å²) < 4.78 is 24.4. The number of ether oxygens (including phenoxy) is 2. The van der Waals surface area contributed by atoms with Gasteiger partial charge in [-0.2, -0.15) is 0 Å². The predicted molar refractivity (Wildman–Crippen MR) is 59.2 cm³/mol. The fraction of sp³-hybridized carbons (Fsp3) is 0.583. The van der Waals surface area contributed by atoms with Crippen molar-refractivity contribution in [2.45, 2.75) is 32.0 Å². The molecule has 2 rings (SSSR count). The summed E-state index contributed by atoms with van der Waals surface area (Å²) in [7, 11) is 0. The van der Waals surface area contributed by atoms with Crippen LogP contribution < -0.4 is 4.74 Å². The first-order valence-corrected chi connectivity index (χ1v) is 5.80. The number of rotatable bonds is 4. The topological polar surface area (TPSA) is 51.6 Å². The van der Waals surface area contributed by atoms with Crippen molar-refractivity contribution in [3.63, 3.8) is 0 Å². The van der Waals surface area contributed by atoms with Gasteiger partial charge in [-0.05, 0) is 25.3 Å². The summed E-state index contributed by atoms with van der Waals surface area (Å²) in [6, 6.07) is 1.43. The van der Waals surface area contributed by atoms with Crippen molar-refractivity contribution in [3.05, 3.63) is 23.6 Å². The number of pyridine rings is 1. The first-order valence-electron chi connectivity index (χ1n) is 5.80. The van der Waals surface area contributed by atoms with Gasteiger partial charge in [-0.3, -0.25) is 0 Å². The summed E-state index contributed by atoms with van der Waals surface area (Å²) in [6.07, 6.45) is 4.55. The van der Waals surface area contributed by atoms with Gasteiger partial charge in [-0.15, -0.1) is 0 Å². The molecule has 0 aromatic carbocycles. The molecule has 0 saturated carbocycles. The molecular formula is C12H16FNO3. The van der Waals surface area contributed by atoms with Crippen LogP contribution in [0.1, 0.15) is 24.8 Å². The van der Waals surface area contributed by atoms with Crippen molar-refractivity contribution in [2.75, 3.05) is 13.2 Å². The molecule has 0 spiro atoms. The van der Waals surface area contributed by atoms with Gasteiger partial charge in [-0.25, -0.2) is 9.37 Å². The fourth-order valence-corrected chi connectivity index (χ4v) is 1.80. The molecule has 1 aromatic rings. The molecule has 0 aliphatic carbocycles. The lowest BCUT2D eigenvalue weighted by atomic mass is 10.1. The standard InChI is InChI=1S/C12H16FNO3/c13-11-9(7-15)4-5-14-12(11)17-8-10-3-1-2-6-16-10/h4-5,10,15H,1-3,6-8H2. The van der Waals surface area contributed by atoms with Crippen molar-refractivity contribution in [3.8, 4) is 5.88 Å². The van der Waals surface area contributed by atoms with Crippen LogP contribution in [0.25, 0.3) is 0 Å². The lowest BCUT2D eigenvalue weighted by molar-refractivity contribution is -0.0127. The third-order valence-corrected chi connectivity index (χ3v) is 2.79. The van der Waals surface area contributed by atoms with E-state index in [0.29, 0.717) is 6.61 Å². The number of aliphatic hydroxyl groups is 1. The third kappa shape index (κ3) is 3.14. The number of aliphatic hydroxyl groups excluding tert-OH is 1. The zero-order valence-electron chi connectivity index (χ0n) is 9.56. The van der Waals surface area contributed by atoms with Gasteiger partial charge < -0.3 is 14.6 Å². The first-order chi connectivity index (χ1) is 8.31. The van der Waals surface area contributed by atoms with Crippen LogP contribution in [-0.2, 0) is 11.3 Å². The van der Waals surface area contributed by atoms with Gasteiger partial charge in [0.15, 0.2) is 5.82 Å². The van der Waals surface area contributed by atoms with Gasteiger partial charge in [0.1, 0.15) is 6.61 Å². The lowest BCUT2D eigenvalue weighted by Crippen LogP contribution is -2.26. The van der Waals surface area contributed by atoms with Crippen LogP contribution in [0.4, 0.5) is 4.39 Å². The summed E-state index contributed by atoms with van der Waals surface area (Å²) in [5.41, 5.74) is 0.194. The number of nitrogens with zero attached hydrogens (tertiary/aromatic N) is 1. The molecule has 0 radical (unpaired) electrons. The van der Waals surface area contributed by atoms with Gasteiger partial charge >= 0.3 is 0 Å². The molecule has 1 aromatic heterocycles. The Labute approximate surface area is 99.4 Å². The van der Waals surface area contributed by atoms with E-state index in [9.17, 15) is 4.39 Å². The molecular weight excluding hydrogens is 225 g/mol. The van der Waals surface area contributed by atoms with Crippen LogP contribution in [0, 0.1) is 5.82 Å². The molecule has 1 fully saturated rings. The minimum absolute atomic E-state index is 0.0164. The molecule has 1 unspecified atom stereocenters. The van der Waals surface area contributed by atoms with E-state index < -0.39 is 5.82 Å². The highest BCUT2D eigenvalue weighted by Gasteiger charge is 2.16. The van der Waals surface area contributed by atoms with Gasteiger partial charge in [-0.1, -0.05) is 0 Å². The maximum Gasteiger partial charge on any atom is 0.250 e. The lowest BCUT2D eigenvalue weighted by Gasteiger charge is -2.22. The first kappa shape index (κ1) is 12.3. The van der Waals surface area contributed by atoms with Crippen molar-refractivity contribution >= 4 is 0 Å². The molecule has 1 aliphatic heterocycles. The molecule has 1 saturated heterocycles. The van der Waals surface area contributed by atoms with Crippen LogP contribution in [0.15, 0.2) is 12.3 Å². The summed E-state index contributed by atoms with van der Waals surface area (Å²) in [6.45, 7) is 0.685. The minimum atomic E-state index is -0.592. The van der Waals surface area contributed by atoms with Gasteiger partial charge in [0.2, 0.25) is 0 Å². The van der Waals surface area contributed by atoms with Crippen LogP contribution in [0.3, 0.4) is 0 Å². The van der Waals surface area contributed by atoms with Gasteiger partial charge in [0.25, 0.3) is 5.88 Å². The zero-order valence-corrected chi connectivity index (χ0v) is 9.56. The Balaban J connectivity index is 1.93. The van der Waals surface area contributed by atoms with E-state index in [1.165, 1.54) is 12.3 Å².